The third kappa shape index (κ3) is 1.94. The molecule has 1 saturated heterocycles. The van der Waals surface area contributed by atoms with Crippen molar-refractivity contribution < 1.29 is 8.95 Å². The van der Waals surface area contributed by atoms with Crippen LogP contribution in [0.3, 0.4) is 0 Å². The van der Waals surface area contributed by atoms with Gasteiger partial charge < -0.3 is 4.74 Å². The monoisotopic (exact) mass is 182 g/mol. The fraction of sp³-hybridized carbons (Fsp3) is 1.00. The second kappa shape index (κ2) is 2.80. The van der Waals surface area contributed by atoms with Crippen molar-refractivity contribution in [2.75, 3.05) is 6.61 Å². The van der Waals surface area contributed by atoms with Crippen LogP contribution in [0.1, 0.15) is 20.3 Å². The molecule has 1 rings (SSSR count). The van der Waals surface area contributed by atoms with Crippen molar-refractivity contribution in [1.82, 2.24) is 0 Å². The number of halogens is 1. The summed E-state index contributed by atoms with van der Waals surface area (Å²) in [6.07, 6.45) is 0.795. The minimum atomic E-state index is -1.24. The zero-order valence-corrected chi connectivity index (χ0v) is 7.67. The molecule has 0 radical (unpaired) electrons. The lowest BCUT2D eigenvalue weighted by Gasteiger charge is -2.14. The van der Waals surface area contributed by atoms with E-state index in [0.717, 1.165) is 6.42 Å². The lowest BCUT2D eigenvalue weighted by atomic mass is 10.1. The first-order valence-corrected chi connectivity index (χ1v) is 5.26. The highest BCUT2D eigenvalue weighted by atomic mass is 35.7. The summed E-state index contributed by atoms with van der Waals surface area (Å²) in [6, 6.07) is 0. The van der Waals surface area contributed by atoms with E-state index in [1.165, 1.54) is 0 Å². The number of hydrogen-bond acceptors (Lipinski definition) is 2. The molecule has 0 aromatic heterocycles. The lowest BCUT2D eigenvalue weighted by molar-refractivity contribution is 0.0368. The average Bonchev–Trinajstić information content (AvgIpc) is 2.10. The Hall–Kier alpha value is 0.400. The molecule has 10 heavy (non-hydrogen) atoms. The van der Waals surface area contributed by atoms with Gasteiger partial charge in [0.05, 0.1) is 17.5 Å². The number of ether oxygens (including phenoxy) is 1. The van der Waals surface area contributed by atoms with Gasteiger partial charge in [-0.05, 0) is 31.0 Å². The fourth-order valence-corrected chi connectivity index (χ4v) is 2.15. The summed E-state index contributed by atoms with van der Waals surface area (Å²) in [5, 5.41) is 0.0247. The summed E-state index contributed by atoms with van der Waals surface area (Å²) in [7, 11) is 4.16. The van der Waals surface area contributed by atoms with E-state index in [1.807, 2.05) is 13.8 Å². The third-order valence-corrected chi connectivity index (χ3v) is 3.22. The first-order chi connectivity index (χ1) is 4.51. The lowest BCUT2D eigenvalue weighted by Crippen LogP contribution is -2.18. The molecule has 1 fully saturated rings. The Morgan fingerprint density at radius 1 is 1.70 bits per heavy atom. The van der Waals surface area contributed by atoms with Gasteiger partial charge in [0, 0.05) is 0 Å². The molecular weight excluding hydrogens is 172 g/mol. The normalized spacial score (nSPS) is 34.1. The fourth-order valence-electron chi connectivity index (χ4n) is 1.10. The van der Waals surface area contributed by atoms with Crippen LogP contribution in [-0.2, 0) is 14.7 Å². The van der Waals surface area contributed by atoms with E-state index in [0.29, 0.717) is 6.61 Å². The van der Waals surface area contributed by atoms with Crippen molar-refractivity contribution in [3.8, 4) is 0 Å². The Bertz CT molecular complexity index is 158. The van der Waals surface area contributed by atoms with Gasteiger partial charge in [0.15, 0.2) is 0 Å². The molecule has 2 unspecified atom stereocenters. The summed E-state index contributed by atoms with van der Waals surface area (Å²) in [6.45, 7) is 4.50. The highest BCUT2D eigenvalue weighted by Crippen LogP contribution is 2.28. The van der Waals surface area contributed by atoms with Gasteiger partial charge >= 0.3 is 0 Å². The minimum Gasteiger partial charge on any atom is -0.374 e. The van der Waals surface area contributed by atoms with Crippen molar-refractivity contribution in [3.05, 3.63) is 0 Å². The predicted molar refractivity (Wildman–Crippen MR) is 42.4 cm³/mol. The van der Waals surface area contributed by atoms with E-state index in [-0.39, 0.29) is 10.9 Å². The van der Waals surface area contributed by atoms with Gasteiger partial charge in [-0.3, -0.25) is 0 Å². The molecule has 1 aliphatic heterocycles. The van der Waals surface area contributed by atoms with Crippen LogP contribution >= 0.6 is 10.7 Å². The van der Waals surface area contributed by atoms with Gasteiger partial charge in [0.25, 0.3) is 0 Å². The summed E-state index contributed by atoms with van der Waals surface area (Å²) in [5.74, 6) is 0. The molecule has 60 valence electrons. The summed E-state index contributed by atoms with van der Waals surface area (Å²) in [4.78, 5) is 0. The van der Waals surface area contributed by atoms with Crippen molar-refractivity contribution in [2.45, 2.75) is 31.1 Å². The standard InChI is InChI=1S/C6H11ClO2S/c1-6(2)3-5(4-9-6)10(7)8/h5H,3-4H2,1-2H3. The molecule has 0 aromatic carbocycles. The van der Waals surface area contributed by atoms with Crippen LogP contribution in [0.5, 0.6) is 0 Å². The van der Waals surface area contributed by atoms with Gasteiger partial charge in [0.2, 0.25) is 0 Å². The molecule has 0 N–H and O–H groups in total. The van der Waals surface area contributed by atoms with E-state index in [1.54, 1.807) is 0 Å². The summed E-state index contributed by atoms with van der Waals surface area (Å²) < 4.78 is 16.1. The molecule has 0 saturated carbocycles. The second-order valence-electron chi connectivity index (χ2n) is 3.15. The van der Waals surface area contributed by atoms with Crippen molar-refractivity contribution >= 4 is 20.7 Å². The average molecular weight is 183 g/mol. The summed E-state index contributed by atoms with van der Waals surface area (Å²) in [5.41, 5.74) is -0.130. The predicted octanol–water partition coefficient (Wildman–Crippen LogP) is 1.46. The molecule has 1 aliphatic rings. The Labute approximate surface area is 67.9 Å². The van der Waals surface area contributed by atoms with Crippen LogP contribution in [0, 0.1) is 0 Å². The molecule has 0 aromatic rings. The molecule has 1 heterocycles. The maximum absolute atomic E-state index is 10.7. The molecule has 2 nitrogen and oxygen atoms in total. The minimum absolute atomic E-state index is 0.0247. The van der Waals surface area contributed by atoms with E-state index in [9.17, 15) is 4.21 Å². The number of hydrogen-bond donors (Lipinski definition) is 0. The van der Waals surface area contributed by atoms with E-state index in [2.05, 4.69) is 0 Å². The molecule has 4 heteroatoms. The van der Waals surface area contributed by atoms with E-state index in [4.69, 9.17) is 15.4 Å². The Kier molecular flexibility index (Phi) is 2.38. The van der Waals surface area contributed by atoms with Crippen molar-refractivity contribution in [2.24, 2.45) is 0 Å². The van der Waals surface area contributed by atoms with Crippen LogP contribution in [0.4, 0.5) is 0 Å². The van der Waals surface area contributed by atoms with Crippen LogP contribution in [0.25, 0.3) is 0 Å². The van der Waals surface area contributed by atoms with Gasteiger partial charge in [-0.2, -0.15) is 0 Å². The van der Waals surface area contributed by atoms with Crippen LogP contribution in [0.15, 0.2) is 0 Å². The van der Waals surface area contributed by atoms with E-state index < -0.39 is 10.0 Å². The highest BCUT2D eigenvalue weighted by Gasteiger charge is 2.34. The van der Waals surface area contributed by atoms with Crippen LogP contribution in [0.2, 0.25) is 0 Å². The van der Waals surface area contributed by atoms with Gasteiger partial charge in [-0.25, -0.2) is 4.21 Å². The first-order valence-electron chi connectivity index (χ1n) is 3.22. The molecular formula is C6H11ClO2S. The van der Waals surface area contributed by atoms with Crippen molar-refractivity contribution in [1.29, 1.82) is 0 Å². The second-order valence-corrected chi connectivity index (χ2v) is 5.22. The summed E-state index contributed by atoms with van der Waals surface area (Å²) >= 11 is 0. The van der Waals surface area contributed by atoms with Crippen LogP contribution in [-0.4, -0.2) is 21.7 Å². The molecule has 0 bridgehead atoms. The van der Waals surface area contributed by atoms with Gasteiger partial charge in [-0.1, -0.05) is 0 Å². The topological polar surface area (TPSA) is 26.3 Å². The highest BCUT2D eigenvalue weighted by molar-refractivity contribution is 8.08. The van der Waals surface area contributed by atoms with Crippen molar-refractivity contribution in [3.63, 3.8) is 0 Å². The van der Waals surface area contributed by atoms with Crippen LogP contribution < -0.4 is 0 Å². The Morgan fingerprint density at radius 3 is 2.50 bits per heavy atom. The Balaban J connectivity index is 2.51. The Morgan fingerprint density at radius 2 is 2.30 bits per heavy atom. The van der Waals surface area contributed by atoms with E-state index >= 15 is 0 Å². The molecule has 0 aliphatic carbocycles. The smallest absolute Gasteiger partial charge is 0.120 e. The quantitative estimate of drug-likeness (QED) is 0.574. The maximum Gasteiger partial charge on any atom is 0.120 e. The number of rotatable bonds is 1. The molecule has 2 atom stereocenters. The maximum atomic E-state index is 10.7. The SMILES string of the molecule is CC1(C)CC(S(=O)Cl)CO1. The zero-order valence-electron chi connectivity index (χ0n) is 6.09. The first kappa shape index (κ1) is 8.50. The molecule has 0 spiro atoms. The van der Waals surface area contributed by atoms with Gasteiger partial charge in [-0.15, -0.1) is 0 Å². The molecule has 0 amide bonds. The third-order valence-electron chi connectivity index (χ3n) is 1.64. The zero-order chi connectivity index (χ0) is 7.78. The van der Waals surface area contributed by atoms with Gasteiger partial charge in [0.1, 0.15) is 10.0 Å². The largest absolute Gasteiger partial charge is 0.374 e.